The van der Waals surface area contributed by atoms with Crippen LogP contribution < -0.4 is 4.90 Å². The van der Waals surface area contributed by atoms with Crippen LogP contribution in [0.4, 0.5) is 5.69 Å². The Bertz CT molecular complexity index is 991. The summed E-state index contributed by atoms with van der Waals surface area (Å²) >= 11 is 0. The molecule has 1 aliphatic heterocycles. The van der Waals surface area contributed by atoms with Crippen molar-refractivity contribution in [2.45, 2.75) is 32.6 Å². The Morgan fingerprint density at radius 1 is 0.933 bits per heavy atom. The molecule has 0 spiro atoms. The topological polar surface area (TPSA) is 60.9 Å². The quantitative estimate of drug-likeness (QED) is 0.707. The maximum Gasteiger partial charge on any atom is 0.253 e. The van der Waals surface area contributed by atoms with E-state index in [9.17, 15) is 13.2 Å². The van der Waals surface area contributed by atoms with Gasteiger partial charge < -0.3 is 9.80 Å². The predicted octanol–water partition coefficient (Wildman–Crippen LogP) is 3.30. The van der Waals surface area contributed by atoms with E-state index in [0.29, 0.717) is 31.7 Å². The first-order valence-corrected chi connectivity index (χ1v) is 11.9. The Hall–Kier alpha value is -2.38. The summed E-state index contributed by atoms with van der Waals surface area (Å²) in [4.78, 5) is 17.3. The molecule has 1 amide bonds. The van der Waals surface area contributed by atoms with Crippen LogP contribution in [-0.4, -0.2) is 62.8 Å². The molecule has 30 heavy (non-hydrogen) atoms. The van der Waals surface area contributed by atoms with Crippen molar-refractivity contribution >= 4 is 21.6 Å². The average molecular weight is 430 g/mol. The molecule has 0 saturated carbocycles. The maximum atomic E-state index is 12.9. The minimum absolute atomic E-state index is 0.0533. The lowest BCUT2D eigenvalue weighted by Crippen LogP contribution is -2.49. The van der Waals surface area contributed by atoms with E-state index in [-0.39, 0.29) is 10.8 Å². The van der Waals surface area contributed by atoms with Crippen molar-refractivity contribution in [3.63, 3.8) is 0 Å². The Morgan fingerprint density at radius 2 is 1.53 bits per heavy atom. The molecular weight excluding hydrogens is 398 g/mol. The highest BCUT2D eigenvalue weighted by Gasteiger charge is 2.25. The van der Waals surface area contributed by atoms with Gasteiger partial charge in [0, 0.05) is 50.5 Å². The summed E-state index contributed by atoms with van der Waals surface area (Å²) in [5.74, 6) is -0.0533. The Balaban J connectivity index is 1.67. The highest BCUT2D eigenvalue weighted by Crippen LogP contribution is 2.24. The van der Waals surface area contributed by atoms with Gasteiger partial charge in [0.25, 0.3) is 5.91 Å². The monoisotopic (exact) mass is 429 g/mol. The molecule has 2 aromatic rings. The third kappa shape index (κ3) is 4.37. The number of hydrogen-bond donors (Lipinski definition) is 0. The van der Waals surface area contributed by atoms with E-state index in [1.165, 1.54) is 33.3 Å². The second kappa shape index (κ2) is 9.18. The first-order chi connectivity index (χ1) is 14.3. The molecule has 1 aliphatic rings. The average Bonchev–Trinajstić information content (AvgIpc) is 2.76. The van der Waals surface area contributed by atoms with Gasteiger partial charge in [-0.15, -0.1) is 0 Å². The number of anilines is 1. The van der Waals surface area contributed by atoms with Crippen LogP contribution >= 0.6 is 0 Å². The number of sulfonamides is 1. The van der Waals surface area contributed by atoms with Gasteiger partial charge in [-0.1, -0.05) is 26.0 Å². The fourth-order valence-electron chi connectivity index (χ4n) is 3.89. The van der Waals surface area contributed by atoms with Gasteiger partial charge in [0.1, 0.15) is 0 Å². The number of amides is 1. The zero-order chi connectivity index (χ0) is 21.9. The highest BCUT2D eigenvalue weighted by atomic mass is 32.2. The number of nitrogens with zero attached hydrogens (tertiary/aromatic N) is 3. The van der Waals surface area contributed by atoms with Crippen LogP contribution in [0.5, 0.6) is 0 Å². The van der Waals surface area contributed by atoms with Crippen LogP contribution in [0, 0.1) is 13.8 Å². The number of aryl methyl sites for hydroxylation is 1. The van der Waals surface area contributed by atoms with Crippen LogP contribution in [0.1, 0.15) is 35.3 Å². The van der Waals surface area contributed by atoms with Gasteiger partial charge in [-0.05, 0) is 55.3 Å². The van der Waals surface area contributed by atoms with E-state index in [4.69, 9.17) is 0 Å². The minimum Gasteiger partial charge on any atom is -0.368 e. The fourth-order valence-corrected chi connectivity index (χ4v) is 5.35. The minimum atomic E-state index is -3.51. The number of rotatable bonds is 6. The predicted molar refractivity (Wildman–Crippen MR) is 121 cm³/mol. The van der Waals surface area contributed by atoms with Gasteiger partial charge >= 0.3 is 0 Å². The summed E-state index contributed by atoms with van der Waals surface area (Å²) in [7, 11) is -3.51. The largest absolute Gasteiger partial charge is 0.368 e. The van der Waals surface area contributed by atoms with Gasteiger partial charge in [-0.2, -0.15) is 4.31 Å². The van der Waals surface area contributed by atoms with Crippen molar-refractivity contribution in [3.8, 4) is 0 Å². The SMILES string of the molecule is CCN(CC)S(=O)(=O)c1ccc(C(=O)N2CCN(c3cccc(C)c3C)CC2)cc1. The standard InChI is InChI=1S/C23H31N3O3S/c1-5-26(6-2)30(28,29)21-12-10-20(11-13-21)23(27)25-16-14-24(15-17-25)22-9-7-8-18(3)19(22)4/h7-13H,5-6,14-17H2,1-4H3. The second-order valence-electron chi connectivity index (χ2n) is 7.61. The van der Waals surface area contributed by atoms with E-state index in [1.807, 2.05) is 18.7 Å². The summed E-state index contributed by atoms with van der Waals surface area (Å²) in [6.45, 7) is 11.6. The summed E-state index contributed by atoms with van der Waals surface area (Å²) < 4.78 is 26.7. The molecule has 0 N–H and O–H groups in total. The third-order valence-corrected chi connectivity index (χ3v) is 7.99. The molecule has 1 heterocycles. The van der Waals surface area contributed by atoms with Gasteiger partial charge in [0.2, 0.25) is 10.0 Å². The molecule has 1 saturated heterocycles. The van der Waals surface area contributed by atoms with Crippen LogP contribution in [0.15, 0.2) is 47.4 Å². The zero-order valence-electron chi connectivity index (χ0n) is 18.3. The summed E-state index contributed by atoms with van der Waals surface area (Å²) in [5, 5.41) is 0. The van der Waals surface area contributed by atoms with E-state index < -0.39 is 10.0 Å². The number of hydrogen-bond acceptors (Lipinski definition) is 4. The molecule has 2 aromatic carbocycles. The molecule has 0 bridgehead atoms. The maximum absolute atomic E-state index is 12.9. The van der Waals surface area contributed by atoms with Crippen LogP contribution in [-0.2, 0) is 10.0 Å². The van der Waals surface area contributed by atoms with Crippen LogP contribution in [0.25, 0.3) is 0 Å². The van der Waals surface area contributed by atoms with Gasteiger partial charge in [0.05, 0.1) is 4.90 Å². The molecular formula is C23H31N3O3S. The number of benzene rings is 2. The van der Waals surface area contributed by atoms with Crippen molar-refractivity contribution in [1.29, 1.82) is 0 Å². The van der Waals surface area contributed by atoms with Gasteiger partial charge in [-0.3, -0.25) is 4.79 Å². The first kappa shape index (κ1) is 22.3. The van der Waals surface area contributed by atoms with E-state index in [1.54, 1.807) is 12.1 Å². The number of carbonyl (C=O) groups is 1. The Kier molecular flexibility index (Phi) is 6.83. The van der Waals surface area contributed by atoms with Crippen molar-refractivity contribution in [1.82, 2.24) is 9.21 Å². The Morgan fingerprint density at radius 3 is 2.10 bits per heavy atom. The first-order valence-electron chi connectivity index (χ1n) is 10.5. The smallest absolute Gasteiger partial charge is 0.253 e. The van der Waals surface area contributed by atoms with Crippen LogP contribution in [0.2, 0.25) is 0 Å². The van der Waals surface area contributed by atoms with Crippen molar-refractivity contribution < 1.29 is 13.2 Å². The molecule has 162 valence electrons. The fraction of sp³-hybridized carbons (Fsp3) is 0.435. The molecule has 0 atom stereocenters. The molecule has 0 aromatic heterocycles. The second-order valence-corrected chi connectivity index (χ2v) is 9.55. The lowest BCUT2D eigenvalue weighted by atomic mass is 10.1. The van der Waals surface area contributed by atoms with Gasteiger partial charge in [-0.25, -0.2) is 8.42 Å². The van der Waals surface area contributed by atoms with E-state index in [2.05, 4.69) is 36.9 Å². The molecule has 1 fully saturated rings. The summed E-state index contributed by atoms with van der Waals surface area (Å²) in [5.41, 5.74) is 4.30. The van der Waals surface area contributed by atoms with E-state index in [0.717, 1.165) is 13.1 Å². The number of carbonyl (C=O) groups excluding carboxylic acids is 1. The summed E-state index contributed by atoms with van der Waals surface area (Å²) in [6, 6.07) is 12.6. The molecule has 0 unspecified atom stereocenters. The van der Waals surface area contributed by atoms with E-state index >= 15 is 0 Å². The summed E-state index contributed by atoms with van der Waals surface area (Å²) in [6.07, 6.45) is 0. The van der Waals surface area contributed by atoms with Gasteiger partial charge in [0.15, 0.2) is 0 Å². The lowest BCUT2D eigenvalue weighted by Gasteiger charge is -2.37. The van der Waals surface area contributed by atoms with Crippen LogP contribution in [0.3, 0.4) is 0 Å². The van der Waals surface area contributed by atoms with Crippen molar-refractivity contribution in [2.24, 2.45) is 0 Å². The van der Waals surface area contributed by atoms with Crippen molar-refractivity contribution in [2.75, 3.05) is 44.2 Å². The zero-order valence-corrected chi connectivity index (χ0v) is 19.1. The molecule has 0 radical (unpaired) electrons. The molecule has 3 rings (SSSR count). The third-order valence-electron chi connectivity index (χ3n) is 5.93. The highest BCUT2D eigenvalue weighted by molar-refractivity contribution is 7.89. The molecule has 0 aliphatic carbocycles. The molecule has 6 nitrogen and oxygen atoms in total. The normalized spacial score (nSPS) is 15.0. The lowest BCUT2D eigenvalue weighted by molar-refractivity contribution is 0.0746. The van der Waals surface area contributed by atoms with Crippen molar-refractivity contribution in [3.05, 3.63) is 59.2 Å². The Labute approximate surface area is 180 Å². The molecule has 7 heteroatoms. The number of piperazine rings is 1.